The van der Waals surface area contributed by atoms with Gasteiger partial charge in [0.15, 0.2) is 0 Å². The van der Waals surface area contributed by atoms with E-state index in [1.807, 2.05) is 0 Å². The summed E-state index contributed by atoms with van der Waals surface area (Å²) in [5.74, 6) is 1.16. The van der Waals surface area contributed by atoms with Crippen LogP contribution in [0.5, 0.6) is 0 Å². The van der Waals surface area contributed by atoms with Crippen LogP contribution in [0.25, 0.3) is 0 Å². The predicted molar refractivity (Wildman–Crippen MR) is 76.6 cm³/mol. The Morgan fingerprint density at radius 3 is 2.50 bits per heavy atom. The van der Waals surface area contributed by atoms with Gasteiger partial charge in [0.2, 0.25) is 10.0 Å². The Kier molecular flexibility index (Phi) is 6.38. The van der Waals surface area contributed by atoms with E-state index in [1.54, 1.807) is 0 Å². The first-order valence-corrected chi connectivity index (χ1v) is 8.43. The van der Waals surface area contributed by atoms with Crippen LogP contribution < -0.4 is 10.0 Å². The summed E-state index contributed by atoms with van der Waals surface area (Å²) in [6, 6.07) is 0.0788. The zero-order valence-corrected chi connectivity index (χ0v) is 12.7. The Hall–Kier alpha value is 0.160. The molecule has 0 spiro atoms. The molecule has 2 N–H and O–H groups in total. The summed E-state index contributed by atoms with van der Waals surface area (Å²) in [6.45, 7) is 3.90. The van der Waals surface area contributed by atoms with E-state index < -0.39 is 10.0 Å². The molecule has 1 heterocycles. The third kappa shape index (κ3) is 4.68. The number of hydrogen-bond acceptors (Lipinski definition) is 3. The Labute approximate surface area is 117 Å². The van der Waals surface area contributed by atoms with Crippen molar-refractivity contribution in [2.24, 2.45) is 11.8 Å². The summed E-state index contributed by atoms with van der Waals surface area (Å²) in [4.78, 5) is 0. The van der Waals surface area contributed by atoms with Gasteiger partial charge in [-0.3, -0.25) is 0 Å². The molecule has 0 amide bonds. The Morgan fingerprint density at radius 1 is 1.22 bits per heavy atom. The number of nitrogens with one attached hydrogen (secondary N) is 2. The minimum Gasteiger partial charge on any atom is -0.315 e. The van der Waals surface area contributed by atoms with Crippen molar-refractivity contribution in [1.82, 2.24) is 10.0 Å². The summed E-state index contributed by atoms with van der Waals surface area (Å²) in [5, 5.41) is 3.25. The number of sulfonamides is 1. The van der Waals surface area contributed by atoms with Gasteiger partial charge in [0.25, 0.3) is 0 Å². The second-order valence-electron chi connectivity index (χ2n) is 5.63. The standard InChI is InChI=1S/C12H24N2O2S.ClH/c1-10-6-7-13-8-12(10)14-17(15,16)9-11-4-2-3-5-11;/h10-14H,2-9H2,1H3;1H. The van der Waals surface area contributed by atoms with E-state index in [4.69, 9.17) is 0 Å². The SMILES string of the molecule is CC1CCNCC1NS(=O)(=O)CC1CCCC1.Cl. The van der Waals surface area contributed by atoms with E-state index in [9.17, 15) is 8.42 Å². The first-order chi connectivity index (χ1) is 8.07. The average Bonchev–Trinajstić information content (AvgIpc) is 2.73. The van der Waals surface area contributed by atoms with Crippen molar-refractivity contribution in [2.45, 2.75) is 45.1 Å². The van der Waals surface area contributed by atoms with Gasteiger partial charge in [-0.05, 0) is 37.6 Å². The number of hydrogen-bond donors (Lipinski definition) is 2. The second-order valence-corrected chi connectivity index (χ2v) is 7.42. The smallest absolute Gasteiger partial charge is 0.212 e. The Morgan fingerprint density at radius 2 is 1.89 bits per heavy atom. The van der Waals surface area contributed by atoms with Crippen LogP contribution >= 0.6 is 12.4 Å². The van der Waals surface area contributed by atoms with Gasteiger partial charge in [-0.25, -0.2) is 13.1 Å². The molecule has 2 atom stereocenters. The fraction of sp³-hybridized carbons (Fsp3) is 1.00. The van der Waals surface area contributed by atoms with Gasteiger partial charge in [0.05, 0.1) is 5.75 Å². The van der Waals surface area contributed by atoms with E-state index in [-0.39, 0.29) is 18.4 Å². The van der Waals surface area contributed by atoms with Gasteiger partial charge in [-0.2, -0.15) is 0 Å². The maximum Gasteiger partial charge on any atom is 0.212 e. The number of halogens is 1. The van der Waals surface area contributed by atoms with E-state index in [2.05, 4.69) is 17.0 Å². The van der Waals surface area contributed by atoms with E-state index in [1.165, 1.54) is 12.8 Å². The van der Waals surface area contributed by atoms with Crippen LogP contribution in [-0.4, -0.2) is 33.3 Å². The fourth-order valence-electron chi connectivity index (χ4n) is 2.91. The van der Waals surface area contributed by atoms with Crippen LogP contribution in [0.2, 0.25) is 0 Å². The van der Waals surface area contributed by atoms with Crippen LogP contribution in [-0.2, 0) is 10.0 Å². The number of rotatable bonds is 4. The quantitative estimate of drug-likeness (QED) is 0.827. The molecule has 0 aromatic heterocycles. The molecule has 2 rings (SSSR count). The van der Waals surface area contributed by atoms with E-state index in [0.717, 1.165) is 32.4 Å². The molecular formula is C12H25ClN2O2S. The summed E-state index contributed by atoms with van der Waals surface area (Å²) >= 11 is 0. The number of piperidine rings is 1. The predicted octanol–water partition coefficient (Wildman–Crippen LogP) is 1.52. The largest absolute Gasteiger partial charge is 0.315 e. The maximum absolute atomic E-state index is 12.1. The van der Waals surface area contributed by atoms with Crippen molar-refractivity contribution in [2.75, 3.05) is 18.8 Å². The molecule has 6 heteroatoms. The van der Waals surface area contributed by atoms with Crippen LogP contribution in [0.3, 0.4) is 0 Å². The lowest BCUT2D eigenvalue weighted by atomic mass is 9.96. The highest BCUT2D eigenvalue weighted by Gasteiger charge is 2.28. The summed E-state index contributed by atoms with van der Waals surface area (Å²) in [7, 11) is -3.09. The summed E-state index contributed by atoms with van der Waals surface area (Å²) in [6.07, 6.45) is 5.61. The molecule has 108 valence electrons. The molecule has 4 nitrogen and oxygen atoms in total. The third-order valence-corrected chi connectivity index (χ3v) is 5.66. The van der Waals surface area contributed by atoms with Gasteiger partial charge in [0, 0.05) is 12.6 Å². The van der Waals surface area contributed by atoms with Crippen molar-refractivity contribution >= 4 is 22.4 Å². The zero-order valence-electron chi connectivity index (χ0n) is 11.0. The molecule has 1 saturated carbocycles. The molecule has 2 unspecified atom stereocenters. The second kappa shape index (κ2) is 7.08. The summed E-state index contributed by atoms with van der Waals surface area (Å²) < 4.78 is 27.0. The van der Waals surface area contributed by atoms with Gasteiger partial charge >= 0.3 is 0 Å². The normalized spacial score (nSPS) is 30.1. The molecule has 2 fully saturated rings. The molecule has 2 aliphatic rings. The molecule has 1 saturated heterocycles. The monoisotopic (exact) mass is 296 g/mol. The van der Waals surface area contributed by atoms with Crippen LogP contribution in [0.1, 0.15) is 39.0 Å². The van der Waals surface area contributed by atoms with Crippen molar-refractivity contribution in [3.05, 3.63) is 0 Å². The highest BCUT2D eigenvalue weighted by Crippen LogP contribution is 2.26. The molecule has 0 bridgehead atoms. The summed E-state index contributed by atoms with van der Waals surface area (Å²) in [5.41, 5.74) is 0. The van der Waals surface area contributed by atoms with Crippen LogP contribution in [0.4, 0.5) is 0 Å². The van der Waals surface area contributed by atoms with Gasteiger partial charge in [-0.15, -0.1) is 12.4 Å². The topological polar surface area (TPSA) is 58.2 Å². The molecule has 1 aliphatic heterocycles. The van der Waals surface area contributed by atoms with Crippen LogP contribution in [0.15, 0.2) is 0 Å². The van der Waals surface area contributed by atoms with Crippen LogP contribution in [0, 0.1) is 11.8 Å². The van der Waals surface area contributed by atoms with E-state index in [0.29, 0.717) is 17.6 Å². The van der Waals surface area contributed by atoms with Crippen molar-refractivity contribution in [3.63, 3.8) is 0 Å². The van der Waals surface area contributed by atoms with Crippen molar-refractivity contribution < 1.29 is 8.42 Å². The Balaban J connectivity index is 0.00000162. The molecule has 18 heavy (non-hydrogen) atoms. The van der Waals surface area contributed by atoms with Gasteiger partial charge < -0.3 is 5.32 Å². The van der Waals surface area contributed by atoms with Crippen molar-refractivity contribution in [3.8, 4) is 0 Å². The first-order valence-electron chi connectivity index (χ1n) is 6.77. The highest BCUT2D eigenvalue weighted by molar-refractivity contribution is 7.89. The molecule has 1 aliphatic carbocycles. The Bertz CT molecular complexity index is 342. The minimum atomic E-state index is -3.09. The van der Waals surface area contributed by atoms with Gasteiger partial charge in [0.1, 0.15) is 0 Å². The highest BCUT2D eigenvalue weighted by atomic mass is 35.5. The minimum absolute atomic E-state index is 0. The van der Waals surface area contributed by atoms with E-state index >= 15 is 0 Å². The maximum atomic E-state index is 12.1. The lowest BCUT2D eigenvalue weighted by Gasteiger charge is -2.30. The molecule has 0 aromatic rings. The molecule has 0 aromatic carbocycles. The fourth-order valence-corrected chi connectivity index (χ4v) is 4.74. The molecular weight excluding hydrogens is 272 g/mol. The zero-order chi connectivity index (χ0) is 12.3. The molecule has 0 radical (unpaired) electrons. The average molecular weight is 297 g/mol. The van der Waals surface area contributed by atoms with Gasteiger partial charge in [-0.1, -0.05) is 19.8 Å². The first kappa shape index (κ1) is 16.2. The third-order valence-electron chi connectivity index (χ3n) is 4.09. The lowest BCUT2D eigenvalue weighted by molar-refractivity contribution is 0.326. The van der Waals surface area contributed by atoms with Crippen molar-refractivity contribution in [1.29, 1.82) is 0 Å². The lowest BCUT2D eigenvalue weighted by Crippen LogP contribution is -2.51.